The van der Waals surface area contributed by atoms with E-state index in [9.17, 15) is 34.2 Å². The lowest BCUT2D eigenvalue weighted by molar-refractivity contribution is -0.147. The van der Waals surface area contributed by atoms with E-state index in [1.807, 2.05) is 5.32 Å². The molecular formula is C18H24N4O9. The third kappa shape index (κ3) is 9.10. The number of phenolic OH excluding ortho intramolecular Hbond substituents is 1. The van der Waals surface area contributed by atoms with Crippen molar-refractivity contribution in [2.75, 3.05) is 13.2 Å². The number of amides is 3. The van der Waals surface area contributed by atoms with Gasteiger partial charge in [0.2, 0.25) is 17.7 Å². The summed E-state index contributed by atoms with van der Waals surface area (Å²) in [6, 6.07) is 1.70. The molecular weight excluding hydrogens is 416 g/mol. The second-order valence-corrected chi connectivity index (χ2v) is 6.49. The van der Waals surface area contributed by atoms with Gasteiger partial charge in [-0.25, -0.2) is 4.79 Å². The molecule has 1 rings (SSSR count). The van der Waals surface area contributed by atoms with Gasteiger partial charge in [0.25, 0.3) is 0 Å². The number of carboxylic acids is 2. The second-order valence-electron chi connectivity index (χ2n) is 6.49. The van der Waals surface area contributed by atoms with Gasteiger partial charge in [-0.2, -0.15) is 0 Å². The summed E-state index contributed by atoms with van der Waals surface area (Å²) in [4.78, 5) is 57.6. The molecule has 0 radical (unpaired) electrons. The molecule has 13 heteroatoms. The zero-order valence-corrected chi connectivity index (χ0v) is 16.3. The Hall–Kier alpha value is -3.71. The van der Waals surface area contributed by atoms with Gasteiger partial charge in [0.15, 0.2) is 0 Å². The summed E-state index contributed by atoms with van der Waals surface area (Å²) in [6.45, 7) is -1.48. The van der Waals surface area contributed by atoms with Crippen molar-refractivity contribution in [3.8, 4) is 5.75 Å². The highest BCUT2D eigenvalue weighted by Gasteiger charge is 2.28. The number of aromatic hydroxyl groups is 1. The second kappa shape index (κ2) is 12.1. The molecule has 31 heavy (non-hydrogen) atoms. The molecule has 1 aromatic carbocycles. The van der Waals surface area contributed by atoms with Crippen molar-refractivity contribution in [1.29, 1.82) is 0 Å². The number of rotatable bonds is 12. The summed E-state index contributed by atoms with van der Waals surface area (Å²) in [5, 5.41) is 42.3. The van der Waals surface area contributed by atoms with Crippen LogP contribution < -0.4 is 21.7 Å². The summed E-state index contributed by atoms with van der Waals surface area (Å²) in [6.07, 6.45) is -0.766. The highest BCUT2D eigenvalue weighted by molar-refractivity contribution is 5.93. The van der Waals surface area contributed by atoms with E-state index in [0.29, 0.717) is 5.56 Å². The Balaban J connectivity index is 2.53. The largest absolute Gasteiger partial charge is 0.508 e. The van der Waals surface area contributed by atoms with Crippen LogP contribution >= 0.6 is 0 Å². The Morgan fingerprint density at radius 2 is 1.55 bits per heavy atom. The van der Waals surface area contributed by atoms with Gasteiger partial charge < -0.3 is 42.1 Å². The van der Waals surface area contributed by atoms with Crippen LogP contribution in [0.15, 0.2) is 24.3 Å². The van der Waals surface area contributed by atoms with E-state index in [1.165, 1.54) is 12.1 Å². The van der Waals surface area contributed by atoms with Gasteiger partial charge in [-0.05, 0) is 24.1 Å². The minimum Gasteiger partial charge on any atom is -0.508 e. The average Bonchev–Trinajstić information content (AvgIpc) is 2.70. The third-order valence-corrected chi connectivity index (χ3v) is 3.98. The number of aliphatic carboxylic acids is 2. The molecule has 3 unspecified atom stereocenters. The molecule has 0 aliphatic carbocycles. The fraction of sp³-hybridized carbons (Fsp3) is 0.389. The number of carbonyl (C=O) groups excluding carboxylic acids is 3. The first-order chi connectivity index (χ1) is 14.5. The number of hydrogen-bond donors (Lipinski definition) is 8. The van der Waals surface area contributed by atoms with E-state index >= 15 is 0 Å². The average molecular weight is 440 g/mol. The highest BCUT2D eigenvalue weighted by Crippen LogP contribution is 2.10. The maximum Gasteiger partial charge on any atom is 0.326 e. The molecule has 3 amide bonds. The molecule has 1 aromatic rings. The number of carbonyl (C=O) groups is 5. The summed E-state index contributed by atoms with van der Waals surface area (Å²) in [7, 11) is 0. The van der Waals surface area contributed by atoms with Gasteiger partial charge in [-0.1, -0.05) is 12.1 Å². The maximum atomic E-state index is 12.0. The Morgan fingerprint density at radius 1 is 0.935 bits per heavy atom. The quantitative estimate of drug-likeness (QED) is 0.163. The number of hydrogen-bond acceptors (Lipinski definition) is 8. The molecule has 0 bridgehead atoms. The van der Waals surface area contributed by atoms with Crippen LogP contribution in [0.3, 0.4) is 0 Å². The minimum absolute atomic E-state index is 0.0542. The molecule has 0 fully saturated rings. The zero-order valence-electron chi connectivity index (χ0n) is 16.3. The van der Waals surface area contributed by atoms with Crippen LogP contribution in [0, 0.1) is 0 Å². The van der Waals surface area contributed by atoms with Crippen LogP contribution in [-0.4, -0.2) is 81.4 Å². The van der Waals surface area contributed by atoms with Gasteiger partial charge in [0.05, 0.1) is 25.6 Å². The molecule has 170 valence electrons. The Kier molecular flexibility index (Phi) is 9.88. The van der Waals surface area contributed by atoms with E-state index in [4.69, 9.17) is 15.9 Å². The molecule has 0 aromatic heterocycles. The number of aliphatic hydroxyl groups excluding tert-OH is 1. The van der Waals surface area contributed by atoms with Crippen molar-refractivity contribution in [1.82, 2.24) is 16.0 Å². The van der Waals surface area contributed by atoms with E-state index in [1.54, 1.807) is 12.1 Å². The van der Waals surface area contributed by atoms with Gasteiger partial charge in [0.1, 0.15) is 17.8 Å². The van der Waals surface area contributed by atoms with Crippen LogP contribution in [0.1, 0.15) is 12.0 Å². The maximum absolute atomic E-state index is 12.0. The lowest BCUT2D eigenvalue weighted by atomic mass is 10.1. The van der Waals surface area contributed by atoms with Crippen molar-refractivity contribution >= 4 is 29.7 Å². The zero-order chi connectivity index (χ0) is 23.6. The number of benzene rings is 1. The lowest BCUT2D eigenvalue weighted by Crippen LogP contribution is -2.55. The van der Waals surface area contributed by atoms with Crippen LogP contribution in [0.5, 0.6) is 5.75 Å². The molecule has 0 saturated heterocycles. The molecule has 0 spiro atoms. The van der Waals surface area contributed by atoms with Crippen molar-refractivity contribution in [2.24, 2.45) is 5.73 Å². The van der Waals surface area contributed by atoms with Crippen molar-refractivity contribution in [3.63, 3.8) is 0 Å². The number of nitrogens with two attached hydrogens (primary N) is 1. The topological polar surface area (TPSA) is 228 Å². The first-order valence-corrected chi connectivity index (χ1v) is 8.99. The molecule has 9 N–H and O–H groups in total. The standard InChI is InChI=1S/C18H24N4O9/c19-11(5-9-1-3-10(24)4-2-9)16(28)20-7-14(25)21-13(8-23)17(29)22-12(18(30)31)6-15(26)27/h1-4,11-13,23-24H,5-8,19H2,(H,20,28)(H,21,25)(H,22,29)(H,26,27)(H,30,31). The molecule has 0 saturated carbocycles. The fourth-order valence-electron chi connectivity index (χ4n) is 2.36. The molecule has 3 atom stereocenters. The molecule has 0 aliphatic rings. The first kappa shape index (κ1) is 25.3. The van der Waals surface area contributed by atoms with Gasteiger partial charge in [-0.3, -0.25) is 19.2 Å². The Bertz CT molecular complexity index is 813. The van der Waals surface area contributed by atoms with Crippen LogP contribution in [0.4, 0.5) is 0 Å². The van der Waals surface area contributed by atoms with E-state index in [2.05, 4.69) is 10.6 Å². The normalized spacial score (nSPS) is 13.4. The van der Waals surface area contributed by atoms with Crippen LogP contribution in [0.25, 0.3) is 0 Å². The van der Waals surface area contributed by atoms with Crippen LogP contribution in [-0.2, 0) is 30.4 Å². The summed E-state index contributed by atoms with van der Waals surface area (Å²) in [5.74, 6) is -5.67. The summed E-state index contributed by atoms with van der Waals surface area (Å²) < 4.78 is 0. The van der Waals surface area contributed by atoms with Gasteiger partial charge in [0, 0.05) is 0 Å². The number of carboxylic acid groups (broad SMARTS) is 2. The summed E-state index contributed by atoms with van der Waals surface area (Å²) >= 11 is 0. The SMILES string of the molecule is NC(Cc1ccc(O)cc1)C(=O)NCC(=O)NC(CO)C(=O)NC(CC(=O)O)C(=O)O. The van der Waals surface area contributed by atoms with Crippen molar-refractivity contribution in [3.05, 3.63) is 29.8 Å². The van der Waals surface area contributed by atoms with E-state index < -0.39 is 67.4 Å². The van der Waals surface area contributed by atoms with Gasteiger partial charge >= 0.3 is 11.9 Å². The molecule has 0 heterocycles. The van der Waals surface area contributed by atoms with Crippen molar-refractivity contribution < 1.29 is 44.4 Å². The number of aliphatic hydroxyl groups is 1. The smallest absolute Gasteiger partial charge is 0.326 e. The van der Waals surface area contributed by atoms with Crippen molar-refractivity contribution in [2.45, 2.75) is 31.0 Å². The predicted molar refractivity (Wildman–Crippen MR) is 104 cm³/mol. The number of nitrogens with one attached hydrogen (secondary N) is 3. The lowest BCUT2D eigenvalue weighted by Gasteiger charge is -2.19. The Morgan fingerprint density at radius 3 is 2.06 bits per heavy atom. The first-order valence-electron chi connectivity index (χ1n) is 8.99. The van der Waals surface area contributed by atoms with E-state index in [0.717, 1.165) is 0 Å². The fourth-order valence-corrected chi connectivity index (χ4v) is 2.36. The number of phenols is 1. The monoisotopic (exact) mass is 440 g/mol. The highest BCUT2D eigenvalue weighted by atomic mass is 16.4. The predicted octanol–water partition coefficient (Wildman–Crippen LogP) is -3.10. The van der Waals surface area contributed by atoms with Gasteiger partial charge in [-0.15, -0.1) is 0 Å². The minimum atomic E-state index is -1.76. The summed E-state index contributed by atoms with van der Waals surface area (Å²) in [5.41, 5.74) is 6.44. The Labute approximate surface area is 176 Å². The van der Waals surface area contributed by atoms with E-state index in [-0.39, 0.29) is 12.2 Å². The third-order valence-electron chi connectivity index (χ3n) is 3.98. The van der Waals surface area contributed by atoms with Crippen LogP contribution in [0.2, 0.25) is 0 Å². The molecule has 0 aliphatic heterocycles. The molecule has 13 nitrogen and oxygen atoms in total.